The van der Waals surface area contributed by atoms with E-state index in [1.807, 2.05) is 0 Å². The molecule has 19 heavy (non-hydrogen) atoms. The first-order valence-corrected chi connectivity index (χ1v) is 6.75. The lowest BCUT2D eigenvalue weighted by atomic mass is 10.0. The van der Waals surface area contributed by atoms with Crippen LogP contribution in [0, 0.1) is 6.92 Å². The number of benzene rings is 2. The van der Waals surface area contributed by atoms with Crippen molar-refractivity contribution in [1.29, 1.82) is 0 Å². The van der Waals surface area contributed by atoms with Crippen molar-refractivity contribution in [1.82, 2.24) is 0 Å². The van der Waals surface area contributed by atoms with Crippen LogP contribution in [0.5, 0.6) is 0 Å². The highest BCUT2D eigenvalue weighted by Gasteiger charge is 2.03. The molecule has 0 aliphatic carbocycles. The zero-order valence-electron chi connectivity index (χ0n) is 11.8. The molecule has 2 nitrogen and oxygen atoms in total. The zero-order valence-corrected chi connectivity index (χ0v) is 11.8. The Balaban J connectivity index is 2.00. The number of nitrogens with two attached hydrogens (primary N) is 1. The molecular formula is C17H22N2. The number of likely N-dealkylation sites (N-methyl/N-ethyl adjacent to an activating group) is 1. The van der Waals surface area contributed by atoms with Crippen molar-refractivity contribution in [2.24, 2.45) is 5.73 Å². The zero-order chi connectivity index (χ0) is 13.7. The second-order valence-corrected chi connectivity index (χ2v) is 4.98. The van der Waals surface area contributed by atoms with Gasteiger partial charge < -0.3 is 10.6 Å². The summed E-state index contributed by atoms with van der Waals surface area (Å²) in [5, 5.41) is 0. The first-order chi connectivity index (χ1) is 9.20. The normalized spacial score (nSPS) is 10.5. The molecule has 0 radical (unpaired) electrons. The fourth-order valence-corrected chi connectivity index (χ4v) is 2.22. The summed E-state index contributed by atoms with van der Waals surface area (Å²) >= 11 is 0. The van der Waals surface area contributed by atoms with E-state index < -0.39 is 0 Å². The van der Waals surface area contributed by atoms with E-state index in [-0.39, 0.29) is 0 Å². The molecule has 0 aliphatic rings. The summed E-state index contributed by atoms with van der Waals surface area (Å²) in [6.45, 7) is 3.73. The summed E-state index contributed by atoms with van der Waals surface area (Å²) < 4.78 is 0. The Morgan fingerprint density at radius 1 is 0.947 bits per heavy atom. The molecule has 2 rings (SSSR count). The van der Waals surface area contributed by atoms with Gasteiger partial charge in [-0.15, -0.1) is 0 Å². The van der Waals surface area contributed by atoms with E-state index in [1.54, 1.807) is 0 Å². The molecule has 2 N–H and O–H groups in total. The lowest BCUT2D eigenvalue weighted by Gasteiger charge is -2.20. The molecule has 0 saturated carbocycles. The second kappa shape index (κ2) is 6.39. The third kappa shape index (κ3) is 3.58. The highest BCUT2D eigenvalue weighted by molar-refractivity contribution is 5.47. The number of hydrogen-bond donors (Lipinski definition) is 1. The molecular weight excluding hydrogens is 232 g/mol. The standard InChI is InChI=1S/C17H22N2/c1-14-7-9-17(10-8-14)19(2)12-11-15-5-3-4-6-16(15)13-18/h3-10H,11-13,18H2,1-2H3. The van der Waals surface area contributed by atoms with Gasteiger partial charge in [0, 0.05) is 25.8 Å². The highest BCUT2D eigenvalue weighted by atomic mass is 15.1. The SMILES string of the molecule is Cc1ccc(N(C)CCc2ccccc2CN)cc1. The van der Waals surface area contributed by atoms with Crippen molar-refractivity contribution < 1.29 is 0 Å². The molecule has 0 fully saturated rings. The summed E-state index contributed by atoms with van der Waals surface area (Å²) in [5.74, 6) is 0. The Bertz CT molecular complexity index is 517. The van der Waals surface area contributed by atoms with Gasteiger partial charge in [-0.1, -0.05) is 42.0 Å². The summed E-state index contributed by atoms with van der Waals surface area (Å²) in [7, 11) is 2.13. The second-order valence-electron chi connectivity index (χ2n) is 4.98. The third-order valence-electron chi connectivity index (χ3n) is 3.53. The minimum Gasteiger partial charge on any atom is -0.374 e. The Labute approximate surface area is 115 Å². The molecule has 0 unspecified atom stereocenters. The first-order valence-electron chi connectivity index (χ1n) is 6.75. The van der Waals surface area contributed by atoms with Gasteiger partial charge in [-0.3, -0.25) is 0 Å². The lowest BCUT2D eigenvalue weighted by molar-refractivity contribution is 0.861. The quantitative estimate of drug-likeness (QED) is 0.888. The average Bonchev–Trinajstić information content (AvgIpc) is 2.45. The van der Waals surface area contributed by atoms with Crippen LogP contribution in [0.4, 0.5) is 5.69 Å². The molecule has 2 heteroatoms. The van der Waals surface area contributed by atoms with Crippen LogP contribution < -0.4 is 10.6 Å². The Hall–Kier alpha value is -1.80. The van der Waals surface area contributed by atoms with Crippen LogP contribution in [0.15, 0.2) is 48.5 Å². The van der Waals surface area contributed by atoms with Gasteiger partial charge in [0.1, 0.15) is 0 Å². The topological polar surface area (TPSA) is 29.3 Å². The molecule has 0 amide bonds. The van der Waals surface area contributed by atoms with Gasteiger partial charge in [-0.05, 0) is 36.6 Å². The van der Waals surface area contributed by atoms with Crippen molar-refractivity contribution in [3.63, 3.8) is 0 Å². The fraction of sp³-hybridized carbons (Fsp3) is 0.294. The van der Waals surface area contributed by atoms with Crippen molar-refractivity contribution in [3.8, 4) is 0 Å². The maximum Gasteiger partial charge on any atom is 0.0363 e. The molecule has 0 aliphatic heterocycles. The number of aryl methyl sites for hydroxylation is 1. The smallest absolute Gasteiger partial charge is 0.0363 e. The van der Waals surface area contributed by atoms with Gasteiger partial charge in [0.15, 0.2) is 0 Å². The third-order valence-corrected chi connectivity index (χ3v) is 3.53. The van der Waals surface area contributed by atoms with Crippen molar-refractivity contribution >= 4 is 5.69 Å². The number of nitrogens with zero attached hydrogens (tertiary/aromatic N) is 1. The van der Waals surface area contributed by atoms with E-state index in [2.05, 4.69) is 67.4 Å². The van der Waals surface area contributed by atoms with E-state index in [1.165, 1.54) is 22.4 Å². The van der Waals surface area contributed by atoms with Crippen LogP contribution in [0.3, 0.4) is 0 Å². The Kier molecular flexibility index (Phi) is 4.58. The largest absolute Gasteiger partial charge is 0.374 e. The van der Waals surface area contributed by atoms with Crippen LogP contribution in [0.2, 0.25) is 0 Å². The molecule has 2 aromatic carbocycles. The first kappa shape index (κ1) is 13.6. The molecule has 0 heterocycles. The van der Waals surface area contributed by atoms with Crippen LogP contribution in [0.1, 0.15) is 16.7 Å². The van der Waals surface area contributed by atoms with Gasteiger partial charge in [0.25, 0.3) is 0 Å². The molecule has 0 aromatic heterocycles. The molecule has 2 aromatic rings. The van der Waals surface area contributed by atoms with Gasteiger partial charge in [0.2, 0.25) is 0 Å². The highest BCUT2D eigenvalue weighted by Crippen LogP contribution is 2.15. The Morgan fingerprint density at radius 2 is 1.58 bits per heavy atom. The summed E-state index contributed by atoms with van der Waals surface area (Å²) in [5.41, 5.74) is 10.9. The van der Waals surface area contributed by atoms with Crippen LogP contribution in [0.25, 0.3) is 0 Å². The van der Waals surface area contributed by atoms with Gasteiger partial charge >= 0.3 is 0 Å². The molecule has 0 spiro atoms. The van der Waals surface area contributed by atoms with Gasteiger partial charge in [-0.25, -0.2) is 0 Å². The average molecular weight is 254 g/mol. The molecule has 0 bridgehead atoms. The number of rotatable bonds is 5. The maximum atomic E-state index is 5.77. The minimum absolute atomic E-state index is 0.615. The van der Waals surface area contributed by atoms with Crippen LogP contribution in [-0.2, 0) is 13.0 Å². The monoisotopic (exact) mass is 254 g/mol. The number of hydrogen-bond acceptors (Lipinski definition) is 2. The predicted molar refractivity (Wildman–Crippen MR) is 82.5 cm³/mol. The lowest BCUT2D eigenvalue weighted by Crippen LogP contribution is -2.20. The van der Waals surface area contributed by atoms with Crippen molar-refractivity contribution in [2.45, 2.75) is 19.9 Å². The molecule has 100 valence electrons. The summed E-state index contributed by atoms with van der Waals surface area (Å²) in [6.07, 6.45) is 1.03. The Morgan fingerprint density at radius 3 is 2.21 bits per heavy atom. The van der Waals surface area contributed by atoms with E-state index in [9.17, 15) is 0 Å². The van der Waals surface area contributed by atoms with Crippen LogP contribution in [-0.4, -0.2) is 13.6 Å². The fourth-order valence-electron chi connectivity index (χ4n) is 2.22. The summed E-state index contributed by atoms with van der Waals surface area (Å²) in [6, 6.07) is 17.1. The van der Waals surface area contributed by atoms with Gasteiger partial charge in [0.05, 0.1) is 0 Å². The van der Waals surface area contributed by atoms with E-state index in [4.69, 9.17) is 5.73 Å². The van der Waals surface area contributed by atoms with Crippen LogP contribution >= 0.6 is 0 Å². The molecule has 0 atom stereocenters. The number of anilines is 1. The maximum absolute atomic E-state index is 5.77. The van der Waals surface area contributed by atoms with Crippen molar-refractivity contribution in [3.05, 3.63) is 65.2 Å². The van der Waals surface area contributed by atoms with E-state index in [0.717, 1.165) is 13.0 Å². The minimum atomic E-state index is 0.615. The predicted octanol–water partition coefficient (Wildman–Crippen LogP) is 3.13. The summed E-state index contributed by atoms with van der Waals surface area (Å²) in [4.78, 5) is 2.28. The van der Waals surface area contributed by atoms with Crippen molar-refractivity contribution in [2.75, 3.05) is 18.5 Å². The molecule has 0 saturated heterocycles. The van der Waals surface area contributed by atoms with E-state index in [0.29, 0.717) is 6.54 Å². The van der Waals surface area contributed by atoms with E-state index >= 15 is 0 Å². The van der Waals surface area contributed by atoms with Gasteiger partial charge in [-0.2, -0.15) is 0 Å².